The van der Waals surface area contributed by atoms with Gasteiger partial charge in [-0.05, 0) is 38.5 Å². The Hall–Kier alpha value is -0.540. The van der Waals surface area contributed by atoms with E-state index in [-0.39, 0.29) is 5.60 Å². The Bertz CT molecular complexity index is 285. The molecule has 0 N–H and O–H groups in total. The summed E-state index contributed by atoms with van der Waals surface area (Å²) in [6, 6.07) is 0. The molecule has 0 unspecified atom stereocenters. The molecule has 96 valence electrons. The van der Waals surface area contributed by atoms with Gasteiger partial charge in [0.1, 0.15) is 0 Å². The van der Waals surface area contributed by atoms with E-state index >= 15 is 0 Å². The molecule has 3 nitrogen and oxygen atoms in total. The predicted molar refractivity (Wildman–Crippen MR) is 66.9 cm³/mol. The van der Waals surface area contributed by atoms with Crippen LogP contribution < -0.4 is 0 Å². The maximum absolute atomic E-state index is 5.97. The minimum atomic E-state index is 0.0456. The highest BCUT2D eigenvalue weighted by Crippen LogP contribution is 2.32. The second-order valence-electron chi connectivity index (χ2n) is 5.51. The average molecular weight is 237 g/mol. The summed E-state index contributed by atoms with van der Waals surface area (Å²) in [4.78, 5) is 2.57. The van der Waals surface area contributed by atoms with Crippen LogP contribution in [-0.2, 0) is 9.47 Å². The molecule has 2 aliphatic heterocycles. The summed E-state index contributed by atoms with van der Waals surface area (Å²) in [5.41, 5.74) is 1.63. The summed E-state index contributed by atoms with van der Waals surface area (Å²) >= 11 is 0. The molecular weight excluding hydrogens is 214 g/mol. The Balaban J connectivity index is 1.57. The van der Waals surface area contributed by atoms with Gasteiger partial charge in [0.25, 0.3) is 0 Å². The molecule has 0 radical (unpaired) electrons. The molecule has 3 aliphatic rings. The van der Waals surface area contributed by atoms with Crippen LogP contribution in [0.5, 0.6) is 0 Å². The number of piperidine rings is 1. The van der Waals surface area contributed by atoms with E-state index in [9.17, 15) is 0 Å². The molecule has 2 saturated heterocycles. The van der Waals surface area contributed by atoms with E-state index in [1.807, 2.05) is 0 Å². The summed E-state index contributed by atoms with van der Waals surface area (Å²) in [6.07, 6.45) is 10.0. The van der Waals surface area contributed by atoms with E-state index in [2.05, 4.69) is 11.0 Å². The lowest BCUT2D eigenvalue weighted by molar-refractivity contribution is -0.175. The molecule has 1 aliphatic carbocycles. The third-order valence-corrected chi connectivity index (χ3v) is 4.35. The lowest BCUT2D eigenvalue weighted by Crippen LogP contribution is -2.51. The first-order chi connectivity index (χ1) is 8.38. The van der Waals surface area contributed by atoms with E-state index in [1.54, 1.807) is 5.70 Å². The summed E-state index contributed by atoms with van der Waals surface area (Å²) in [5.74, 6) is 0. The van der Waals surface area contributed by atoms with Crippen molar-refractivity contribution in [3.8, 4) is 0 Å². The molecule has 0 amide bonds. The van der Waals surface area contributed by atoms with Crippen LogP contribution in [0, 0.1) is 0 Å². The molecule has 0 aromatic carbocycles. The SMILES string of the molecule is C1=C(N2CCC3(CC2)COCCO3)CCCC1. The van der Waals surface area contributed by atoms with Crippen molar-refractivity contribution in [2.75, 3.05) is 32.9 Å². The Morgan fingerprint density at radius 3 is 2.65 bits per heavy atom. The number of ether oxygens (including phenoxy) is 2. The van der Waals surface area contributed by atoms with Crippen LogP contribution in [0.4, 0.5) is 0 Å². The number of nitrogens with zero attached hydrogens (tertiary/aromatic N) is 1. The highest BCUT2D eigenvalue weighted by molar-refractivity contribution is 5.06. The molecule has 1 spiro atoms. The second-order valence-corrected chi connectivity index (χ2v) is 5.51. The number of hydrogen-bond acceptors (Lipinski definition) is 3. The van der Waals surface area contributed by atoms with Crippen molar-refractivity contribution in [3.05, 3.63) is 11.8 Å². The van der Waals surface area contributed by atoms with Crippen LogP contribution in [0.25, 0.3) is 0 Å². The molecule has 0 aromatic heterocycles. The van der Waals surface area contributed by atoms with E-state index in [0.29, 0.717) is 0 Å². The monoisotopic (exact) mass is 237 g/mol. The van der Waals surface area contributed by atoms with Gasteiger partial charge < -0.3 is 14.4 Å². The number of likely N-dealkylation sites (tertiary alicyclic amines) is 1. The van der Waals surface area contributed by atoms with Crippen molar-refractivity contribution >= 4 is 0 Å². The van der Waals surface area contributed by atoms with E-state index < -0.39 is 0 Å². The Kier molecular flexibility index (Phi) is 3.39. The quantitative estimate of drug-likeness (QED) is 0.698. The Morgan fingerprint density at radius 1 is 1.12 bits per heavy atom. The van der Waals surface area contributed by atoms with Crippen molar-refractivity contribution in [2.24, 2.45) is 0 Å². The molecule has 2 fully saturated rings. The lowest BCUT2D eigenvalue weighted by atomic mass is 9.90. The standard InChI is InChI=1S/C14H23NO2/c1-2-4-13(5-3-1)15-8-6-14(7-9-15)12-16-10-11-17-14/h4H,1-3,5-12H2. The van der Waals surface area contributed by atoms with Gasteiger partial charge in [-0.15, -0.1) is 0 Å². The van der Waals surface area contributed by atoms with Gasteiger partial charge in [-0.25, -0.2) is 0 Å². The smallest absolute Gasteiger partial charge is 0.0949 e. The maximum atomic E-state index is 5.97. The van der Waals surface area contributed by atoms with Crippen LogP contribution in [0.2, 0.25) is 0 Å². The largest absolute Gasteiger partial charge is 0.376 e. The second kappa shape index (κ2) is 4.99. The predicted octanol–water partition coefficient (Wildman–Crippen LogP) is 2.33. The van der Waals surface area contributed by atoms with Crippen molar-refractivity contribution in [2.45, 2.75) is 44.1 Å². The minimum absolute atomic E-state index is 0.0456. The van der Waals surface area contributed by atoms with Crippen molar-refractivity contribution < 1.29 is 9.47 Å². The zero-order chi connectivity index (χ0) is 11.6. The minimum Gasteiger partial charge on any atom is -0.376 e. The first-order valence-corrected chi connectivity index (χ1v) is 7.04. The molecule has 3 heteroatoms. The van der Waals surface area contributed by atoms with E-state index in [0.717, 1.165) is 45.8 Å². The molecular formula is C14H23NO2. The molecule has 0 atom stereocenters. The molecule has 17 heavy (non-hydrogen) atoms. The summed E-state index contributed by atoms with van der Waals surface area (Å²) in [6.45, 7) is 4.66. The molecule has 0 saturated carbocycles. The van der Waals surface area contributed by atoms with Crippen LogP contribution in [0.1, 0.15) is 38.5 Å². The zero-order valence-electron chi connectivity index (χ0n) is 10.6. The van der Waals surface area contributed by atoms with Gasteiger partial charge in [0.05, 0.1) is 25.4 Å². The van der Waals surface area contributed by atoms with E-state index in [4.69, 9.17) is 9.47 Å². The number of allylic oxidation sites excluding steroid dienone is 2. The topological polar surface area (TPSA) is 21.7 Å². The first kappa shape index (κ1) is 11.5. The fourth-order valence-electron chi connectivity index (χ4n) is 3.22. The fourth-order valence-corrected chi connectivity index (χ4v) is 3.22. The van der Waals surface area contributed by atoms with Crippen molar-refractivity contribution in [1.82, 2.24) is 4.90 Å². The Morgan fingerprint density at radius 2 is 2.00 bits per heavy atom. The van der Waals surface area contributed by atoms with Gasteiger partial charge in [0.15, 0.2) is 0 Å². The molecule has 0 bridgehead atoms. The fraction of sp³-hybridized carbons (Fsp3) is 0.857. The third kappa shape index (κ3) is 2.50. The van der Waals surface area contributed by atoms with Gasteiger partial charge >= 0.3 is 0 Å². The summed E-state index contributed by atoms with van der Waals surface area (Å²) < 4.78 is 11.6. The van der Waals surface area contributed by atoms with Crippen LogP contribution in [-0.4, -0.2) is 43.4 Å². The van der Waals surface area contributed by atoms with Gasteiger partial charge in [0.2, 0.25) is 0 Å². The van der Waals surface area contributed by atoms with Gasteiger partial charge in [-0.2, -0.15) is 0 Å². The highest BCUT2D eigenvalue weighted by Gasteiger charge is 2.38. The van der Waals surface area contributed by atoms with Crippen molar-refractivity contribution in [3.63, 3.8) is 0 Å². The normalized spacial score (nSPS) is 29.2. The number of hydrogen-bond donors (Lipinski definition) is 0. The van der Waals surface area contributed by atoms with Crippen LogP contribution in [0.3, 0.4) is 0 Å². The highest BCUT2D eigenvalue weighted by atomic mass is 16.6. The average Bonchev–Trinajstić information content (AvgIpc) is 2.42. The van der Waals surface area contributed by atoms with Crippen molar-refractivity contribution in [1.29, 1.82) is 0 Å². The molecule has 3 rings (SSSR count). The van der Waals surface area contributed by atoms with E-state index in [1.165, 1.54) is 25.7 Å². The van der Waals surface area contributed by atoms with Gasteiger partial charge in [0, 0.05) is 18.8 Å². The summed E-state index contributed by atoms with van der Waals surface area (Å²) in [7, 11) is 0. The lowest BCUT2D eigenvalue weighted by Gasteiger charge is -2.45. The molecule has 2 heterocycles. The van der Waals surface area contributed by atoms with Gasteiger partial charge in [-0.3, -0.25) is 0 Å². The molecule has 0 aromatic rings. The van der Waals surface area contributed by atoms with Crippen LogP contribution >= 0.6 is 0 Å². The van der Waals surface area contributed by atoms with Gasteiger partial charge in [-0.1, -0.05) is 6.08 Å². The number of rotatable bonds is 1. The maximum Gasteiger partial charge on any atom is 0.0949 e. The zero-order valence-corrected chi connectivity index (χ0v) is 10.6. The summed E-state index contributed by atoms with van der Waals surface area (Å²) in [5, 5.41) is 0. The third-order valence-electron chi connectivity index (χ3n) is 4.35. The van der Waals surface area contributed by atoms with Crippen LogP contribution in [0.15, 0.2) is 11.8 Å². The first-order valence-electron chi connectivity index (χ1n) is 7.04. The Labute approximate surface area is 104 Å².